The SMILES string of the molecule is CN(C(=O)CC#N)c1ccc(OCc2ccccc2)cc1. The molecule has 0 spiro atoms. The van der Waals surface area contributed by atoms with E-state index in [4.69, 9.17) is 10.00 Å². The number of nitrogens with zero attached hydrogens (tertiary/aromatic N) is 2. The minimum absolute atomic E-state index is 0.122. The van der Waals surface area contributed by atoms with Gasteiger partial charge in [-0.3, -0.25) is 4.79 Å². The van der Waals surface area contributed by atoms with Crippen LogP contribution in [0.4, 0.5) is 5.69 Å². The summed E-state index contributed by atoms with van der Waals surface area (Å²) in [6.07, 6.45) is -0.122. The highest BCUT2D eigenvalue weighted by molar-refractivity contribution is 5.94. The van der Waals surface area contributed by atoms with E-state index in [0.29, 0.717) is 6.61 Å². The van der Waals surface area contributed by atoms with Crippen LogP contribution in [0.25, 0.3) is 0 Å². The van der Waals surface area contributed by atoms with E-state index >= 15 is 0 Å². The number of carbonyl (C=O) groups excluding carboxylic acids is 1. The second-order valence-corrected chi connectivity index (χ2v) is 4.56. The highest BCUT2D eigenvalue weighted by Gasteiger charge is 2.10. The van der Waals surface area contributed by atoms with Gasteiger partial charge in [0.1, 0.15) is 18.8 Å². The van der Waals surface area contributed by atoms with E-state index in [2.05, 4.69) is 0 Å². The summed E-state index contributed by atoms with van der Waals surface area (Å²) < 4.78 is 5.68. The number of hydrogen-bond acceptors (Lipinski definition) is 3. The van der Waals surface area contributed by atoms with Crippen molar-refractivity contribution in [1.29, 1.82) is 5.26 Å². The van der Waals surface area contributed by atoms with Crippen LogP contribution in [0.15, 0.2) is 54.6 Å². The molecule has 4 nitrogen and oxygen atoms in total. The fraction of sp³-hybridized carbons (Fsp3) is 0.176. The summed E-state index contributed by atoms with van der Waals surface area (Å²) >= 11 is 0. The fourth-order valence-corrected chi connectivity index (χ4v) is 1.84. The topological polar surface area (TPSA) is 53.3 Å². The molecule has 1 amide bonds. The Morgan fingerprint density at radius 1 is 1.14 bits per heavy atom. The van der Waals surface area contributed by atoms with Crippen LogP contribution in [0.2, 0.25) is 0 Å². The molecule has 2 aromatic rings. The van der Waals surface area contributed by atoms with Gasteiger partial charge in [0.2, 0.25) is 5.91 Å². The fourth-order valence-electron chi connectivity index (χ4n) is 1.84. The van der Waals surface area contributed by atoms with Crippen molar-refractivity contribution < 1.29 is 9.53 Å². The number of amides is 1. The van der Waals surface area contributed by atoms with Gasteiger partial charge in [0.25, 0.3) is 0 Å². The summed E-state index contributed by atoms with van der Waals surface area (Å²) in [4.78, 5) is 13.1. The molecule has 0 saturated carbocycles. The molecule has 0 heterocycles. The zero-order valence-electron chi connectivity index (χ0n) is 11.8. The molecule has 0 aliphatic carbocycles. The van der Waals surface area contributed by atoms with Gasteiger partial charge in [0.15, 0.2) is 0 Å². The Bertz CT molecular complexity index is 630. The van der Waals surface area contributed by atoms with Crippen molar-refractivity contribution in [3.05, 3.63) is 60.2 Å². The Hall–Kier alpha value is -2.80. The first-order chi connectivity index (χ1) is 10.2. The van der Waals surface area contributed by atoms with Gasteiger partial charge in [-0.25, -0.2) is 0 Å². The molecule has 0 N–H and O–H groups in total. The number of carbonyl (C=O) groups is 1. The minimum Gasteiger partial charge on any atom is -0.489 e. The van der Waals surface area contributed by atoms with Crippen LogP contribution in [-0.2, 0) is 11.4 Å². The van der Waals surface area contributed by atoms with Crippen LogP contribution in [0, 0.1) is 11.3 Å². The third-order valence-electron chi connectivity index (χ3n) is 3.08. The Morgan fingerprint density at radius 3 is 2.43 bits per heavy atom. The lowest BCUT2D eigenvalue weighted by Gasteiger charge is -2.16. The summed E-state index contributed by atoms with van der Waals surface area (Å²) in [7, 11) is 1.65. The van der Waals surface area contributed by atoms with Crippen LogP contribution in [0.1, 0.15) is 12.0 Å². The van der Waals surface area contributed by atoms with Crippen molar-refractivity contribution in [1.82, 2.24) is 0 Å². The third kappa shape index (κ3) is 4.08. The average molecular weight is 280 g/mol. The highest BCUT2D eigenvalue weighted by atomic mass is 16.5. The maximum absolute atomic E-state index is 11.6. The molecule has 0 bridgehead atoms. The first-order valence-electron chi connectivity index (χ1n) is 6.61. The summed E-state index contributed by atoms with van der Waals surface area (Å²) in [6, 6.07) is 19.0. The van der Waals surface area contributed by atoms with E-state index in [-0.39, 0.29) is 12.3 Å². The molecule has 2 rings (SSSR count). The number of rotatable bonds is 5. The Balaban J connectivity index is 1.96. The smallest absolute Gasteiger partial charge is 0.240 e. The maximum atomic E-state index is 11.6. The first-order valence-corrected chi connectivity index (χ1v) is 6.61. The standard InChI is InChI=1S/C17H16N2O2/c1-19(17(20)11-12-18)15-7-9-16(10-8-15)21-13-14-5-3-2-4-6-14/h2-10H,11,13H2,1H3. The lowest BCUT2D eigenvalue weighted by molar-refractivity contribution is -0.117. The summed E-state index contributed by atoms with van der Waals surface area (Å²) in [5, 5.41) is 8.54. The van der Waals surface area contributed by atoms with E-state index in [1.54, 1.807) is 19.2 Å². The zero-order valence-corrected chi connectivity index (χ0v) is 11.8. The molecule has 0 radical (unpaired) electrons. The predicted octanol–water partition coefficient (Wildman–Crippen LogP) is 3.14. The van der Waals surface area contributed by atoms with Gasteiger partial charge in [-0.1, -0.05) is 30.3 Å². The van der Waals surface area contributed by atoms with E-state index in [0.717, 1.165) is 17.0 Å². The molecular formula is C17H16N2O2. The van der Waals surface area contributed by atoms with Crippen molar-refractivity contribution in [2.75, 3.05) is 11.9 Å². The molecule has 21 heavy (non-hydrogen) atoms. The molecule has 0 unspecified atom stereocenters. The van der Waals surface area contributed by atoms with E-state index in [9.17, 15) is 4.79 Å². The predicted molar refractivity (Wildman–Crippen MR) is 80.9 cm³/mol. The molecule has 106 valence electrons. The third-order valence-corrected chi connectivity index (χ3v) is 3.08. The lowest BCUT2D eigenvalue weighted by atomic mass is 10.2. The van der Waals surface area contributed by atoms with Gasteiger partial charge in [0, 0.05) is 12.7 Å². The number of nitriles is 1. The molecular weight excluding hydrogens is 264 g/mol. The van der Waals surface area contributed by atoms with Gasteiger partial charge in [-0.2, -0.15) is 5.26 Å². The maximum Gasteiger partial charge on any atom is 0.240 e. The van der Waals surface area contributed by atoms with Crippen LogP contribution in [-0.4, -0.2) is 13.0 Å². The Labute approximate surface area is 124 Å². The van der Waals surface area contributed by atoms with Crippen molar-refractivity contribution in [2.24, 2.45) is 0 Å². The zero-order chi connectivity index (χ0) is 15.1. The normalized spacial score (nSPS) is 9.71. The van der Waals surface area contributed by atoms with E-state index in [1.807, 2.05) is 48.5 Å². The van der Waals surface area contributed by atoms with Gasteiger partial charge < -0.3 is 9.64 Å². The molecule has 0 atom stereocenters. The Morgan fingerprint density at radius 2 is 1.81 bits per heavy atom. The highest BCUT2D eigenvalue weighted by Crippen LogP contribution is 2.20. The molecule has 0 aliphatic rings. The summed E-state index contributed by atoms with van der Waals surface area (Å²) in [5.41, 5.74) is 1.84. The number of anilines is 1. The first kappa shape index (κ1) is 14.6. The average Bonchev–Trinajstić information content (AvgIpc) is 2.54. The summed E-state index contributed by atoms with van der Waals surface area (Å²) in [5.74, 6) is 0.513. The number of ether oxygens (including phenoxy) is 1. The number of hydrogen-bond donors (Lipinski definition) is 0. The largest absolute Gasteiger partial charge is 0.489 e. The molecule has 2 aromatic carbocycles. The van der Waals surface area contributed by atoms with Crippen LogP contribution < -0.4 is 9.64 Å². The van der Waals surface area contributed by atoms with Crippen molar-refractivity contribution in [3.63, 3.8) is 0 Å². The van der Waals surface area contributed by atoms with Crippen molar-refractivity contribution >= 4 is 11.6 Å². The van der Waals surface area contributed by atoms with Gasteiger partial charge in [-0.15, -0.1) is 0 Å². The van der Waals surface area contributed by atoms with Crippen molar-refractivity contribution in [3.8, 4) is 11.8 Å². The molecule has 0 fully saturated rings. The van der Waals surface area contributed by atoms with E-state index < -0.39 is 0 Å². The quantitative estimate of drug-likeness (QED) is 0.845. The molecule has 0 aromatic heterocycles. The lowest BCUT2D eigenvalue weighted by Crippen LogP contribution is -2.25. The summed E-state index contributed by atoms with van der Waals surface area (Å²) in [6.45, 7) is 0.503. The van der Waals surface area contributed by atoms with Crippen LogP contribution in [0.5, 0.6) is 5.75 Å². The monoisotopic (exact) mass is 280 g/mol. The number of benzene rings is 2. The van der Waals surface area contributed by atoms with Crippen molar-refractivity contribution in [2.45, 2.75) is 13.0 Å². The van der Waals surface area contributed by atoms with Crippen LogP contribution >= 0.6 is 0 Å². The van der Waals surface area contributed by atoms with Gasteiger partial charge in [-0.05, 0) is 29.8 Å². The molecule has 0 aliphatic heterocycles. The van der Waals surface area contributed by atoms with Crippen LogP contribution in [0.3, 0.4) is 0 Å². The minimum atomic E-state index is -0.226. The Kier molecular flexibility index (Phi) is 4.94. The van der Waals surface area contributed by atoms with E-state index in [1.165, 1.54) is 4.90 Å². The van der Waals surface area contributed by atoms with Gasteiger partial charge >= 0.3 is 0 Å². The van der Waals surface area contributed by atoms with Gasteiger partial charge in [0.05, 0.1) is 6.07 Å². The molecule has 4 heteroatoms. The molecule has 0 saturated heterocycles. The second-order valence-electron chi connectivity index (χ2n) is 4.56. The second kappa shape index (κ2) is 7.11.